The first-order valence-corrected chi connectivity index (χ1v) is 4.02. The lowest BCUT2D eigenvalue weighted by molar-refractivity contribution is 0.642. The van der Waals surface area contributed by atoms with E-state index in [2.05, 4.69) is 4.98 Å². The highest BCUT2D eigenvalue weighted by Gasteiger charge is 2.06. The number of nitrogens with zero attached hydrogens (tertiary/aromatic N) is 2. The molecule has 1 aliphatic rings. The van der Waals surface area contributed by atoms with Gasteiger partial charge in [0, 0.05) is 18.3 Å². The van der Waals surface area contributed by atoms with Gasteiger partial charge < -0.3 is 0 Å². The highest BCUT2D eigenvalue weighted by Crippen LogP contribution is 2.06. The van der Waals surface area contributed by atoms with Crippen LogP contribution >= 0.6 is 0 Å². The van der Waals surface area contributed by atoms with Crippen molar-refractivity contribution in [3.05, 3.63) is 34.0 Å². The first kappa shape index (κ1) is 7.28. The second-order valence-corrected chi connectivity index (χ2v) is 2.94. The van der Waals surface area contributed by atoms with Crippen molar-refractivity contribution in [1.29, 1.82) is 0 Å². The van der Waals surface area contributed by atoms with E-state index in [0.29, 0.717) is 0 Å². The van der Waals surface area contributed by atoms with E-state index in [1.807, 2.05) is 19.1 Å². The maximum Gasteiger partial charge on any atom is 0.253 e. The molecule has 0 unspecified atom stereocenters. The summed E-state index contributed by atoms with van der Waals surface area (Å²) < 4.78 is 1.70. The fraction of sp³-hybridized carbons (Fsp3) is 0.333. The van der Waals surface area contributed by atoms with E-state index in [1.54, 1.807) is 10.6 Å². The summed E-state index contributed by atoms with van der Waals surface area (Å²) in [5.41, 5.74) is 0.847. The summed E-state index contributed by atoms with van der Waals surface area (Å²) >= 11 is 0. The van der Waals surface area contributed by atoms with Crippen LogP contribution < -0.4 is 5.56 Å². The molecule has 2 heterocycles. The molecule has 3 nitrogen and oxygen atoms in total. The molecule has 1 aromatic rings. The van der Waals surface area contributed by atoms with Crippen LogP contribution in [0.15, 0.2) is 16.9 Å². The molecule has 0 saturated carbocycles. The summed E-state index contributed by atoms with van der Waals surface area (Å²) in [5.74, 6) is 0.784. The molecule has 12 heavy (non-hydrogen) atoms. The third kappa shape index (κ3) is 1.07. The molecule has 62 valence electrons. The maximum atomic E-state index is 11.4. The molecule has 2 rings (SSSR count). The van der Waals surface area contributed by atoms with E-state index in [4.69, 9.17) is 0 Å². The average Bonchev–Trinajstić information content (AvgIpc) is 2.04. The van der Waals surface area contributed by atoms with Crippen LogP contribution in [0.5, 0.6) is 0 Å². The zero-order valence-corrected chi connectivity index (χ0v) is 6.95. The van der Waals surface area contributed by atoms with Crippen molar-refractivity contribution >= 4 is 6.08 Å². The van der Waals surface area contributed by atoms with Crippen molar-refractivity contribution in [3.63, 3.8) is 0 Å². The summed E-state index contributed by atoms with van der Waals surface area (Å²) in [6.07, 6.45) is 4.87. The largest absolute Gasteiger partial charge is 0.293 e. The van der Waals surface area contributed by atoms with Crippen molar-refractivity contribution in [1.82, 2.24) is 9.55 Å². The maximum absolute atomic E-state index is 11.4. The number of rotatable bonds is 0. The van der Waals surface area contributed by atoms with Gasteiger partial charge in [0.05, 0.1) is 0 Å². The number of allylic oxidation sites excluding steroid dienone is 1. The lowest BCUT2D eigenvalue weighted by Gasteiger charge is -2.11. The van der Waals surface area contributed by atoms with Crippen LogP contribution in [0, 0.1) is 6.92 Å². The monoisotopic (exact) mass is 162 g/mol. The molecule has 0 bridgehead atoms. The van der Waals surface area contributed by atoms with Gasteiger partial charge in [0.15, 0.2) is 0 Å². The van der Waals surface area contributed by atoms with E-state index in [0.717, 1.165) is 24.5 Å². The van der Waals surface area contributed by atoms with Gasteiger partial charge in [-0.1, -0.05) is 6.08 Å². The normalized spacial score (nSPS) is 14.4. The van der Waals surface area contributed by atoms with Gasteiger partial charge in [-0.2, -0.15) is 0 Å². The van der Waals surface area contributed by atoms with Crippen molar-refractivity contribution in [3.8, 4) is 0 Å². The highest BCUT2D eigenvalue weighted by atomic mass is 16.1. The van der Waals surface area contributed by atoms with Crippen molar-refractivity contribution < 1.29 is 0 Å². The number of hydrogen-bond donors (Lipinski definition) is 0. The van der Waals surface area contributed by atoms with Crippen LogP contribution in [0.2, 0.25) is 0 Å². The van der Waals surface area contributed by atoms with Gasteiger partial charge >= 0.3 is 0 Å². The second kappa shape index (κ2) is 2.59. The Morgan fingerprint density at radius 3 is 3.25 bits per heavy atom. The Morgan fingerprint density at radius 2 is 2.42 bits per heavy atom. The number of aryl methyl sites for hydroxylation is 1. The molecule has 0 atom stereocenters. The van der Waals surface area contributed by atoms with E-state index in [1.165, 1.54) is 0 Å². The summed E-state index contributed by atoms with van der Waals surface area (Å²) in [5, 5.41) is 0. The zero-order chi connectivity index (χ0) is 8.55. The van der Waals surface area contributed by atoms with Crippen molar-refractivity contribution in [2.45, 2.75) is 19.9 Å². The van der Waals surface area contributed by atoms with Gasteiger partial charge in [-0.05, 0) is 19.4 Å². The fourth-order valence-electron chi connectivity index (χ4n) is 1.39. The standard InChI is InChI=1S/C9H10N2O/c1-7-6-9(12)11-5-3-2-4-8(11)10-7/h2,4,6H,3,5H2,1H3. The molecule has 0 spiro atoms. The third-order valence-corrected chi connectivity index (χ3v) is 1.95. The predicted molar refractivity (Wildman–Crippen MR) is 46.9 cm³/mol. The average molecular weight is 162 g/mol. The Labute approximate surface area is 70.4 Å². The highest BCUT2D eigenvalue weighted by molar-refractivity contribution is 5.42. The lowest BCUT2D eigenvalue weighted by Crippen LogP contribution is -2.24. The van der Waals surface area contributed by atoms with Crippen LogP contribution in [0.3, 0.4) is 0 Å². The van der Waals surface area contributed by atoms with Crippen LogP contribution in [-0.2, 0) is 6.54 Å². The first-order chi connectivity index (χ1) is 5.77. The molecule has 3 heteroatoms. The Hall–Kier alpha value is -1.38. The van der Waals surface area contributed by atoms with Crippen molar-refractivity contribution in [2.75, 3.05) is 0 Å². The summed E-state index contributed by atoms with van der Waals surface area (Å²) in [4.78, 5) is 15.6. The van der Waals surface area contributed by atoms with E-state index < -0.39 is 0 Å². The molecular weight excluding hydrogens is 152 g/mol. The minimum absolute atomic E-state index is 0.0573. The molecule has 0 aliphatic carbocycles. The van der Waals surface area contributed by atoms with Gasteiger partial charge in [0.2, 0.25) is 0 Å². The Bertz CT molecular complexity index is 390. The summed E-state index contributed by atoms with van der Waals surface area (Å²) in [6.45, 7) is 2.60. The van der Waals surface area contributed by atoms with Crippen LogP contribution in [0.4, 0.5) is 0 Å². The summed E-state index contributed by atoms with van der Waals surface area (Å²) in [6, 6.07) is 1.57. The quantitative estimate of drug-likeness (QED) is 0.569. The number of fused-ring (bicyclic) bond motifs is 1. The van der Waals surface area contributed by atoms with E-state index >= 15 is 0 Å². The fourth-order valence-corrected chi connectivity index (χ4v) is 1.39. The van der Waals surface area contributed by atoms with Crippen molar-refractivity contribution in [2.24, 2.45) is 0 Å². The zero-order valence-electron chi connectivity index (χ0n) is 6.95. The second-order valence-electron chi connectivity index (χ2n) is 2.94. The van der Waals surface area contributed by atoms with Gasteiger partial charge in [0.1, 0.15) is 5.82 Å². The van der Waals surface area contributed by atoms with Crippen LogP contribution in [0.1, 0.15) is 17.9 Å². The van der Waals surface area contributed by atoms with E-state index in [-0.39, 0.29) is 5.56 Å². The van der Waals surface area contributed by atoms with E-state index in [9.17, 15) is 4.79 Å². The molecule has 0 saturated heterocycles. The molecule has 0 aromatic carbocycles. The predicted octanol–water partition coefficient (Wildman–Crippen LogP) is 0.969. The lowest BCUT2D eigenvalue weighted by atomic mass is 10.2. The minimum Gasteiger partial charge on any atom is -0.293 e. The number of aromatic nitrogens is 2. The smallest absolute Gasteiger partial charge is 0.253 e. The van der Waals surface area contributed by atoms with Crippen LogP contribution in [0.25, 0.3) is 6.08 Å². The minimum atomic E-state index is 0.0573. The molecule has 1 aromatic heterocycles. The van der Waals surface area contributed by atoms with Gasteiger partial charge in [-0.3, -0.25) is 9.36 Å². The SMILES string of the molecule is Cc1cc(=O)n2c(n1)C=CCC2. The Kier molecular flexibility index (Phi) is 1.57. The molecule has 0 radical (unpaired) electrons. The van der Waals surface area contributed by atoms with Gasteiger partial charge in [-0.15, -0.1) is 0 Å². The summed E-state index contributed by atoms with van der Waals surface area (Å²) in [7, 11) is 0. The molecule has 0 N–H and O–H groups in total. The topological polar surface area (TPSA) is 34.9 Å². The Morgan fingerprint density at radius 1 is 1.58 bits per heavy atom. The first-order valence-electron chi connectivity index (χ1n) is 4.02. The molecular formula is C9H10N2O. The Balaban J connectivity index is 2.71. The third-order valence-electron chi connectivity index (χ3n) is 1.95. The molecule has 1 aliphatic heterocycles. The van der Waals surface area contributed by atoms with Gasteiger partial charge in [0.25, 0.3) is 5.56 Å². The van der Waals surface area contributed by atoms with Crippen LogP contribution in [-0.4, -0.2) is 9.55 Å². The number of hydrogen-bond acceptors (Lipinski definition) is 2. The molecule has 0 amide bonds. The van der Waals surface area contributed by atoms with Gasteiger partial charge in [-0.25, -0.2) is 4.98 Å². The molecule has 0 fully saturated rings.